The molecule has 0 saturated heterocycles. The number of thiophene rings is 1. The minimum absolute atomic E-state index is 0.0904. The number of nitrogens with two attached hydrogens (primary N) is 1. The summed E-state index contributed by atoms with van der Waals surface area (Å²) in [6.07, 6.45) is 0.803. The first kappa shape index (κ1) is 19.4. The molecule has 7 heteroatoms. The van der Waals surface area contributed by atoms with Crippen molar-refractivity contribution in [2.45, 2.75) is 26.3 Å². The molecule has 2 amide bonds. The maximum atomic E-state index is 12.5. The molecule has 0 fully saturated rings. The molecule has 2 rings (SSSR count). The zero-order valence-corrected chi connectivity index (χ0v) is 15.8. The van der Waals surface area contributed by atoms with Gasteiger partial charge in [0.15, 0.2) is 0 Å². The van der Waals surface area contributed by atoms with E-state index in [1.54, 1.807) is 30.3 Å². The highest BCUT2D eigenvalue weighted by Gasteiger charge is 2.16. The molecule has 1 heterocycles. The van der Waals surface area contributed by atoms with E-state index >= 15 is 0 Å². The molecule has 0 radical (unpaired) electrons. The lowest BCUT2D eigenvalue weighted by atomic mass is 10.0. The van der Waals surface area contributed by atoms with Crippen LogP contribution in [0, 0.1) is 5.92 Å². The fourth-order valence-electron chi connectivity index (χ4n) is 2.41. The molecule has 0 aliphatic carbocycles. The van der Waals surface area contributed by atoms with Crippen LogP contribution < -0.4 is 16.4 Å². The van der Waals surface area contributed by atoms with Gasteiger partial charge in [-0.1, -0.05) is 31.5 Å². The highest BCUT2D eigenvalue weighted by Crippen LogP contribution is 2.24. The van der Waals surface area contributed by atoms with Crippen LogP contribution in [0.1, 0.15) is 40.3 Å². The first-order valence-corrected chi connectivity index (χ1v) is 9.31. The van der Waals surface area contributed by atoms with E-state index in [-0.39, 0.29) is 17.9 Å². The van der Waals surface area contributed by atoms with Gasteiger partial charge in [-0.05, 0) is 42.0 Å². The predicted octanol–water partition coefficient (Wildman–Crippen LogP) is 3.76. The fourth-order valence-corrected chi connectivity index (χ4v) is 3.19. The third-order valence-electron chi connectivity index (χ3n) is 3.60. The van der Waals surface area contributed by atoms with Crippen molar-refractivity contribution in [1.29, 1.82) is 0 Å². The molecule has 0 saturated carbocycles. The largest absolute Gasteiger partial charge is 0.348 e. The second-order valence-corrected chi connectivity index (χ2v) is 7.52. The molecule has 1 aromatic heterocycles. The summed E-state index contributed by atoms with van der Waals surface area (Å²) in [5.41, 5.74) is 6.56. The molecule has 0 aliphatic rings. The van der Waals surface area contributed by atoms with E-state index in [1.807, 2.05) is 5.38 Å². The molecular weight excluding hydrogens is 358 g/mol. The summed E-state index contributed by atoms with van der Waals surface area (Å²) in [5, 5.41) is 7.86. The number of benzene rings is 1. The summed E-state index contributed by atoms with van der Waals surface area (Å²) < 4.78 is 0. The van der Waals surface area contributed by atoms with Gasteiger partial charge in [0.05, 0.1) is 15.6 Å². The second kappa shape index (κ2) is 8.99. The van der Waals surface area contributed by atoms with Gasteiger partial charge in [-0.25, -0.2) is 0 Å². The van der Waals surface area contributed by atoms with Crippen LogP contribution in [0.2, 0.25) is 5.02 Å². The zero-order chi connectivity index (χ0) is 18.4. The van der Waals surface area contributed by atoms with Crippen molar-refractivity contribution in [2.24, 2.45) is 11.7 Å². The van der Waals surface area contributed by atoms with Crippen molar-refractivity contribution in [3.8, 4) is 0 Å². The van der Waals surface area contributed by atoms with E-state index < -0.39 is 0 Å². The van der Waals surface area contributed by atoms with E-state index in [2.05, 4.69) is 24.5 Å². The van der Waals surface area contributed by atoms with E-state index in [0.717, 1.165) is 6.42 Å². The first-order chi connectivity index (χ1) is 11.9. The van der Waals surface area contributed by atoms with Crippen LogP contribution in [0.3, 0.4) is 0 Å². The van der Waals surface area contributed by atoms with E-state index in [4.69, 9.17) is 17.3 Å². The lowest BCUT2D eigenvalue weighted by molar-refractivity contribution is 0.0932. The van der Waals surface area contributed by atoms with E-state index in [1.165, 1.54) is 11.3 Å². The van der Waals surface area contributed by atoms with Crippen LogP contribution in [-0.4, -0.2) is 24.4 Å². The van der Waals surface area contributed by atoms with Crippen molar-refractivity contribution in [1.82, 2.24) is 5.32 Å². The average Bonchev–Trinajstić information content (AvgIpc) is 3.10. The molecule has 25 heavy (non-hydrogen) atoms. The zero-order valence-electron chi connectivity index (χ0n) is 14.2. The van der Waals surface area contributed by atoms with Crippen LogP contribution in [0.5, 0.6) is 0 Å². The molecule has 0 aliphatic heterocycles. The van der Waals surface area contributed by atoms with Gasteiger partial charge in [0.1, 0.15) is 0 Å². The summed E-state index contributed by atoms with van der Waals surface area (Å²) in [4.78, 5) is 25.2. The SMILES string of the molecule is CC(C)CC(CN)NC(=O)c1ccc(Cl)c(NC(=O)c2cccs2)c1. The first-order valence-electron chi connectivity index (χ1n) is 8.06. The van der Waals surface area contributed by atoms with Crippen LogP contribution >= 0.6 is 22.9 Å². The van der Waals surface area contributed by atoms with Crippen LogP contribution in [-0.2, 0) is 0 Å². The standard InChI is InChI=1S/C18H22ClN3O2S/c1-11(2)8-13(10-20)21-17(23)12-5-6-14(19)15(9-12)22-18(24)16-4-3-7-25-16/h3-7,9,11,13H,8,10,20H2,1-2H3,(H,21,23)(H,22,24). The van der Waals surface area contributed by atoms with E-state index in [0.29, 0.717) is 33.6 Å². The van der Waals surface area contributed by atoms with Crippen molar-refractivity contribution >= 4 is 40.4 Å². The molecule has 4 N–H and O–H groups in total. The van der Waals surface area contributed by atoms with Crippen LogP contribution in [0.15, 0.2) is 35.7 Å². The van der Waals surface area contributed by atoms with Gasteiger partial charge in [-0.15, -0.1) is 11.3 Å². The molecule has 5 nitrogen and oxygen atoms in total. The Kier molecular flexibility index (Phi) is 6.99. The lowest BCUT2D eigenvalue weighted by Gasteiger charge is -2.19. The fraction of sp³-hybridized carbons (Fsp3) is 0.333. The second-order valence-electron chi connectivity index (χ2n) is 6.16. The number of carbonyl (C=O) groups is 2. The number of carbonyl (C=O) groups excluding carboxylic acids is 2. The third-order valence-corrected chi connectivity index (χ3v) is 4.80. The molecule has 1 aromatic carbocycles. The Hall–Kier alpha value is -1.89. The summed E-state index contributed by atoms with van der Waals surface area (Å²) in [6, 6.07) is 8.23. The van der Waals surface area contributed by atoms with Gasteiger partial charge in [-0.3, -0.25) is 9.59 Å². The average molecular weight is 380 g/mol. The Morgan fingerprint density at radius 1 is 1.24 bits per heavy atom. The predicted molar refractivity (Wildman–Crippen MR) is 103 cm³/mol. The van der Waals surface area contributed by atoms with Crippen molar-refractivity contribution in [3.63, 3.8) is 0 Å². The van der Waals surface area contributed by atoms with Crippen LogP contribution in [0.4, 0.5) is 5.69 Å². The Balaban J connectivity index is 2.12. The van der Waals surface area contributed by atoms with Crippen molar-refractivity contribution in [2.75, 3.05) is 11.9 Å². The number of halogens is 1. The van der Waals surface area contributed by atoms with Crippen LogP contribution in [0.25, 0.3) is 0 Å². The van der Waals surface area contributed by atoms with Gasteiger partial charge in [0.2, 0.25) is 0 Å². The summed E-state index contributed by atoms with van der Waals surface area (Å²) in [7, 11) is 0. The quantitative estimate of drug-likeness (QED) is 0.684. The summed E-state index contributed by atoms with van der Waals surface area (Å²) in [6.45, 7) is 4.53. The van der Waals surface area contributed by atoms with Gasteiger partial charge in [0.25, 0.3) is 11.8 Å². The molecular formula is C18H22ClN3O2S. The Morgan fingerprint density at radius 3 is 2.60 bits per heavy atom. The Morgan fingerprint density at radius 2 is 2.00 bits per heavy atom. The number of anilines is 1. The topological polar surface area (TPSA) is 84.2 Å². The minimum atomic E-state index is -0.255. The molecule has 1 unspecified atom stereocenters. The number of amides is 2. The molecule has 2 aromatic rings. The molecule has 1 atom stereocenters. The number of hydrogen-bond acceptors (Lipinski definition) is 4. The normalized spacial score (nSPS) is 12.0. The Labute approximate surface area is 156 Å². The third kappa shape index (κ3) is 5.56. The van der Waals surface area contributed by atoms with Crippen molar-refractivity contribution in [3.05, 3.63) is 51.2 Å². The molecule has 0 spiro atoms. The van der Waals surface area contributed by atoms with Gasteiger partial charge >= 0.3 is 0 Å². The number of hydrogen-bond donors (Lipinski definition) is 3. The highest BCUT2D eigenvalue weighted by atomic mass is 35.5. The summed E-state index contributed by atoms with van der Waals surface area (Å²) >= 11 is 7.48. The minimum Gasteiger partial charge on any atom is -0.348 e. The van der Waals surface area contributed by atoms with E-state index in [9.17, 15) is 9.59 Å². The monoisotopic (exact) mass is 379 g/mol. The van der Waals surface area contributed by atoms with Gasteiger partial charge in [0, 0.05) is 18.2 Å². The smallest absolute Gasteiger partial charge is 0.265 e. The maximum absolute atomic E-state index is 12.5. The molecule has 0 bridgehead atoms. The lowest BCUT2D eigenvalue weighted by Crippen LogP contribution is -2.41. The molecule has 134 valence electrons. The van der Waals surface area contributed by atoms with Crippen molar-refractivity contribution < 1.29 is 9.59 Å². The van der Waals surface area contributed by atoms with Gasteiger partial charge in [-0.2, -0.15) is 0 Å². The number of nitrogens with one attached hydrogen (secondary N) is 2. The Bertz CT molecular complexity index is 732. The maximum Gasteiger partial charge on any atom is 0.265 e. The highest BCUT2D eigenvalue weighted by molar-refractivity contribution is 7.12. The van der Waals surface area contributed by atoms with Gasteiger partial charge < -0.3 is 16.4 Å². The summed E-state index contributed by atoms with van der Waals surface area (Å²) in [5.74, 6) is -0.0618. The number of rotatable bonds is 7.